The highest BCUT2D eigenvalue weighted by Crippen LogP contribution is 2.09. The summed E-state index contributed by atoms with van der Waals surface area (Å²) in [5, 5.41) is 16.2. The van der Waals surface area contributed by atoms with Gasteiger partial charge >= 0.3 is 18.3 Å². The molecule has 0 saturated carbocycles. The molecule has 0 rings (SSSR count). The van der Waals surface area contributed by atoms with Crippen LogP contribution in [0, 0.1) is 0 Å². The van der Waals surface area contributed by atoms with Crippen molar-refractivity contribution in [2.24, 2.45) is 5.73 Å². The molecule has 326 valence electrons. The molecule has 0 atom stereocenters. The van der Waals surface area contributed by atoms with E-state index in [4.69, 9.17) is 34.2 Å². The first-order valence-corrected chi connectivity index (χ1v) is 19.2. The van der Waals surface area contributed by atoms with Gasteiger partial charge in [0.2, 0.25) is 17.7 Å². The summed E-state index contributed by atoms with van der Waals surface area (Å²) in [6, 6.07) is 0. The van der Waals surface area contributed by atoms with Gasteiger partial charge in [0, 0.05) is 58.5 Å². The average molecular weight is 806 g/mol. The predicted molar refractivity (Wildman–Crippen MR) is 209 cm³/mol. The first-order valence-electron chi connectivity index (χ1n) is 19.2. The van der Waals surface area contributed by atoms with Crippen molar-refractivity contribution in [3.8, 4) is 0 Å². The molecule has 19 nitrogen and oxygen atoms in total. The lowest BCUT2D eigenvalue weighted by atomic mass is 10.1. The van der Waals surface area contributed by atoms with E-state index in [-0.39, 0.29) is 76.6 Å². The Bertz CT molecular complexity index is 1040. The second kappa shape index (κ2) is 27.6. The second-order valence-electron chi connectivity index (χ2n) is 16.2. The van der Waals surface area contributed by atoms with E-state index in [9.17, 15) is 28.8 Å². The van der Waals surface area contributed by atoms with Gasteiger partial charge in [0.25, 0.3) is 0 Å². The highest BCUT2D eigenvalue weighted by Gasteiger charge is 2.27. The summed E-state index contributed by atoms with van der Waals surface area (Å²) in [7, 11) is 0. The average Bonchev–Trinajstić information content (AvgIpc) is 3.04. The standard InChI is InChI=1S/C37H71N7O12/c1-34(2,3)54-31(48)42-19-10-16-39-28(45)13-22-51-25-37(38,26-52-23-14-29(46)40-17-11-20-43-32(49)55-35(4,5)6)27-53-24-15-30(47)41-18-12-21-44-33(50)56-36(7,8)9/h10-27,38H2,1-9H3,(H,39,45)(H,40,46)(H,41,47)(H,42,48)(H,43,49)(H,44,50). The zero-order valence-electron chi connectivity index (χ0n) is 35.2. The number of carbonyl (C=O) groups excluding carboxylic acids is 6. The summed E-state index contributed by atoms with van der Waals surface area (Å²) in [6.45, 7) is 18.1. The van der Waals surface area contributed by atoms with Crippen LogP contribution in [0.1, 0.15) is 101 Å². The minimum atomic E-state index is -1.16. The van der Waals surface area contributed by atoms with E-state index in [1.807, 2.05) is 0 Å². The molecular weight excluding hydrogens is 734 g/mol. The fraction of sp³-hybridized carbons (Fsp3) is 0.838. The Morgan fingerprint density at radius 3 is 0.875 bits per heavy atom. The number of carbonyl (C=O) groups is 6. The van der Waals surface area contributed by atoms with E-state index in [0.29, 0.717) is 58.5 Å². The van der Waals surface area contributed by atoms with E-state index in [2.05, 4.69) is 31.9 Å². The number of rotatable bonds is 27. The molecule has 0 fully saturated rings. The third-order valence-electron chi connectivity index (χ3n) is 6.62. The molecular formula is C37H71N7O12. The Balaban J connectivity index is 4.65. The van der Waals surface area contributed by atoms with Crippen molar-refractivity contribution in [3.05, 3.63) is 0 Å². The van der Waals surface area contributed by atoms with Crippen molar-refractivity contribution >= 4 is 36.0 Å². The largest absolute Gasteiger partial charge is 0.444 e. The lowest BCUT2D eigenvalue weighted by Crippen LogP contribution is -2.53. The highest BCUT2D eigenvalue weighted by atomic mass is 16.6. The van der Waals surface area contributed by atoms with E-state index < -0.39 is 40.6 Å². The van der Waals surface area contributed by atoms with Gasteiger partial charge < -0.3 is 66.1 Å². The Morgan fingerprint density at radius 2 is 0.643 bits per heavy atom. The zero-order valence-corrected chi connectivity index (χ0v) is 35.2. The summed E-state index contributed by atoms with van der Waals surface area (Å²) in [5.74, 6) is -0.720. The molecule has 0 aromatic heterocycles. The Kier molecular flexibility index (Phi) is 25.7. The monoisotopic (exact) mass is 806 g/mol. The van der Waals surface area contributed by atoms with Crippen molar-refractivity contribution in [2.75, 3.05) is 78.9 Å². The van der Waals surface area contributed by atoms with Crippen LogP contribution in [0.25, 0.3) is 0 Å². The smallest absolute Gasteiger partial charge is 0.407 e. The SMILES string of the molecule is CC(C)(C)OC(=O)NCCCNC(=O)CCOCC(N)(COCCC(=O)NCCCNC(=O)OC(C)(C)C)COCCC(=O)NCCCNC(=O)OC(C)(C)C. The van der Waals surface area contributed by atoms with Gasteiger partial charge in [0.05, 0.1) is 45.2 Å². The van der Waals surface area contributed by atoms with E-state index >= 15 is 0 Å². The van der Waals surface area contributed by atoms with Crippen LogP contribution < -0.4 is 37.6 Å². The predicted octanol–water partition coefficient (Wildman–Crippen LogP) is 2.00. The lowest BCUT2D eigenvalue weighted by molar-refractivity contribution is -0.122. The number of nitrogens with two attached hydrogens (primary N) is 1. The van der Waals surface area contributed by atoms with Crippen molar-refractivity contribution in [1.29, 1.82) is 0 Å². The van der Waals surface area contributed by atoms with Crippen LogP contribution in [0.2, 0.25) is 0 Å². The number of amides is 6. The maximum atomic E-state index is 12.3. The number of hydrogen-bond donors (Lipinski definition) is 7. The molecule has 19 heteroatoms. The third-order valence-corrected chi connectivity index (χ3v) is 6.62. The molecule has 0 heterocycles. The second-order valence-corrected chi connectivity index (χ2v) is 16.2. The number of alkyl carbamates (subject to hydrolysis) is 3. The summed E-state index contributed by atoms with van der Waals surface area (Å²) in [5.41, 5.74) is 3.62. The van der Waals surface area contributed by atoms with E-state index in [1.54, 1.807) is 62.3 Å². The van der Waals surface area contributed by atoms with Crippen LogP contribution in [-0.4, -0.2) is 137 Å². The van der Waals surface area contributed by atoms with Gasteiger partial charge in [-0.15, -0.1) is 0 Å². The summed E-state index contributed by atoms with van der Waals surface area (Å²) < 4.78 is 32.7. The molecule has 0 aromatic carbocycles. The normalized spacial score (nSPS) is 11.9. The molecule has 0 unspecified atom stereocenters. The molecule has 0 saturated heterocycles. The molecule has 0 aromatic rings. The van der Waals surface area contributed by atoms with Gasteiger partial charge in [0.15, 0.2) is 0 Å². The Morgan fingerprint density at radius 1 is 0.411 bits per heavy atom. The Labute approximate surface area is 332 Å². The van der Waals surface area contributed by atoms with E-state index in [1.165, 1.54) is 0 Å². The van der Waals surface area contributed by atoms with Crippen molar-refractivity contribution < 1.29 is 57.2 Å². The number of nitrogens with one attached hydrogen (secondary N) is 6. The van der Waals surface area contributed by atoms with E-state index in [0.717, 1.165) is 0 Å². The molecule has 8 N–H and O–H groups in total. The van der Waals surface area contributed by atoms with Gasteiger partial charge in [0.1, 0.15) is 16.8 Å². The minimum Gasteiger partial charge on any atom is -0.444 e. The van der Waals surface area contributed by atoms with Crippen LogP contribution in [0.4, 0.5) is 14.4 Å². The van der Waals surface area contributed by atoms with Crippen molar-refractivity contribution in [2.45, 2.75) is 123 Å². The topological polar surface area (TPSA) is 256 Å². The molecule has 0 radical (unpaired) electrons. The van der Waals surface area contributed by atoms with Crippen LogP contribution in [-0.2, 0) is 42.8 Å². The first-order chi connectivity index (χ1) is 26.0. The maximum Gasteiger partial charge on any atom is 0.407 e. The minimum absolute atomic E-state index is 0.0340. The van der Waals surface area contributed by atoms with Gasteiger partial charge in [-0.2, -0.15) is 0 Å². The van der Waals surface area contributed by atoms with Gasteiger partial charge in [-0.05, 0) is 81.6 Å². The molecule has 0 bridgehead atoms. The molecule has 0 spiro atoms. The number of hydrogen-bond acceptors (Lipinski definition) is 13. The van der Waals surface area contributed by atoms with Crippen molar-refractivity contribution in [3.63, 3.8) is 0 Å². The molecule has 0 aliphatic carbocycles. The summed E-state index contributed by atoms with van der Waals surface area (Å²) in [4.78, 5) is 72.0. The fourth-order valence-corrected chi connectivity index (χ4v) is 4.17. The Hall–Kier alpha value is -3.94. The van der Waals surface area contributed by atoms with Crippen LogP contribution in [0.15, 0.2) is 0 Å². The zero-order chi connectivity index (χ0) is 42.7. The molecule has 0 aliphatic rings. The first kappa shape index (κ1) is 52.1. The molecule has 6 amide bonds. The lowest BCUT2D eigenvalue weighted by Gasteiger charge is -2.29. The van der Waals surface area contributed by atoms with Gasteiger partial charge in [-0.3, -0.25) is 14.4 Å². The maximum absolute atomic E-state index is 12.3. The van der Waals surface area contributed by atoms with Crippen LogP contribution in [0.5, 0.6) is 0 Å². The van der Waals surface area contributed by atoms with Gasteiger partial charge in [-0.25, -0.2) is 14.4 Å². The quantitative estimate of drug-likeness (QED) is 0.0464. The van der Waals surface area contributed by atoms with Crippen molar-refractivity contribution in [1.82, 2.24) is 31.9 Å². The third kappa shape index (κ3) is 34.5. The van der Waals surface area contributed by atoms with Gasteiger partial charge in [-0.1, -0.05) is 0 Å². The summed E-state index contributed by atoms with van der Waals surface area (Å²) >= 11 is 0. The molecule has 56 heavy (non-hydrogen) atoms. The fourth-order valence-electron chi connectivity index (χ4n) is 4.17. The summed E-state index contributed by atoms with van der Waals surface area (Å²) in [6.07, 6.45) is 0.173. The highest BCUT2D eigenvalue weighted by molar-refractivity contribution is 5.76. The van der Waals surface area contributed by atoms with Crippen LogP contribution in [0.3, 0.4) is 0 Å². The van der Waals surface area contributed by atoms with Crippen LogP contribution >= 0.6 is 0 Å². The molecule has 0 aliphatic heterocycles. The number of ether oxygens (including phenoxy) is 6.